The fraction of sp³-hybridized carbons (Fsp3) is 0.500. The van der Waals surface area contributed by atoms with Crippen LogP contribution in [0, 0.1) is 9.93 Å². The zero-order chi connectivity index (χ0) is 4.71. The van der Waals surface area contributed by atoms with Gasteiger partial charge in [-0.1, -0.05) is 7.43 Å². The lowest BCUT2D eigenvalue weighted by Gasteiger charge is -0.945. The summed E-state index contributed by atoms with van der Waals surface area (Å²) in [4.78, 5) is 30.2. The maximum atomic E-state index is 8.12. The summed E-state index contributed by atoms with van der Waals surface area (Å²) < 4.78 is 0. The van der Waals surface area contributed by atoms with Crippen LogP contribution < -0.4 is 0 Å². The molecule has 0 aliphatic heterocycles. The summed E-state index contributed by atoms with van der Waals surface area (Å²) in [6.45, 7) is 0. The predicted molar refractivity (Wildman–Crippen MR) is 18.5 cm³/mol. The van der Waals surface area contributed by atoms with Gasteiger partial charge in [-0.05, 0) is 0 Å². The van der Waals surface area contributed by atoms with E-state index in [9.17, 15) is 0 Å². The van der Waals surface area contributed by atoms with Crippen LogP contribution in [0.5, 0.6) is 0 Å². The van der Waals surface area contributed by atoms with Crippen molar-refractivity contribution in [1.29, 1.82) is 0 Å². The lowest BCUT2D eigenvalue weighted by molar-refractivity contribution is -0.191. The molecule has 0 aromatic carbocycles. The highest BCUT2D eigenvalue weighted by atomic mass is 16.7. The summed E-state index contributed by atoms with van der Waals surface area (Å²) in [7, 11) is 0. The molecule has 0 fully saturated rings. The Kier molecular flexibility index (Phi) is 296000. The van der Waals surface area contributed by atoms with Crippen LogP contribution >= 0.6 is 0 Å². The van der Waals surface area contributed by atoms with E-state index in [1.165, 1.54) is 0 Å². The number of carbonyl (C=O) groups excluding carboxylic acids is 2. The van der Waals surface area contributed by atoms with Crippen LogP contribution in [0.1, 0.15) is 7.43 Å². The molecule has 0 aromatic rings. The number of hydrogen-bond acceptors (Lipinski definition) is 4. The fourth-order valence-electron chi connectivity index (χ4n) is 0. The van der Waals surface area contributed by atoms with Gasteiger partial charge in [0.1, 0.15) is 0 Å². The smallest absolute Gasteiger partial charge is 0.186 e. The molecule has 4 heteroatoms. The maximum Gasteiger partial charge on any atom is 0.373 e. The Balaban J connectivity index is -0.0000000275. The van der Waals surface area contributed by atoms with E-state index >= 15 is 0 Å². The van der Waals surface area contributed by atoms with Gasteiger partial charge >= 0.3 is 6.15 Å². The van der Waals surface area contributed by atoms with Crippen molar-refractivity contribution < 1.29 is 9.59 Å². The highest BCUT2D eigenvalue weighted by Gasteiger charge is 1.13. The Labute approximate surface area is 34.4 Å². The average Bonchev–Trinajstić information content (AvgIpc) is 1.46. The molecule has 0 aromatic heterocycles. The molecule has 0 spiro atoms. The second-order valence-electron chi connectivity index (χ2n) is 0.0833. The van der Waals surface area contributed by atoms with Gasteiger partial charge in [-0.25, -0.2) is 0 Å². The van der Waals surface area contributed by atoms with Crippen molar-refractivity contribution in [3.8, 4) is 0 Å². The van der Waals surface area contributed by atoms with Crippen molar-refractivity contribution >= 4 is 6.15 Å². The predicted octanol–water partition coefficient (Wildman–Crippen LogP) is 0.120. The zero-order valence-electron chi connectivity index (χ0n) is 2.13. The van der Waals surface area contributed by atoms with E-state index < -0.39 is 0 Å². The van der Waals surface area contributed by atoms with Crippen molar-refractivity contribution in [2.75, 3.05) is 0 Å². The van der Waals surface area contributed by atoms with Crippen LogP contribution in [0.4, 0.5) is 0 Å². The maximum absolute atomic E-state index is 8.12. The van der Waals surface area contributed by atoms with Crippen LogP contribution in [-0.2, 0) is 9.59 Å². The quantitative estimate of drug-likeness (QED) is 0.425. The van der Waals surface area contributed by atoms with Gasteiger partial charge in [-0.2, -0.15) is 9.59 Å². The molecular formula is C2H4O4. The third-order valence-electron chi connectivity index (χ3n) is 0. The first-order chi connectivity index (χ1) is 2.41. The largest absolute Gasteiger partial charge is 0.373 e. The first-order valence-corrected chi connectivity index (χ1v) is 0.575. The first-order valence-electron chi connectivity index (χ1n) is 0.575. The van der Waals surface area contributed by atoms with E-state index in [0.29, 0.717) is 0 Å². The van der Waals surface area contributed by atoms with Gasteiger partial charge < -0.3 is 0 Å². The van der Waals surface area contributed by atoms with Crippen LogP contribution in [0.2, 0.25) is 0 Å². The summed E-state index contributed by atoms with van der Waals surface area (Å²) >= 11 is 0. The summed E-state index contributed by atoms with van der Waals surface area (Å²) in [5.74, 6) is 0. The second-order valence-corrected chi connectivity index (χ2v) is 0.0833. The molecule has 0 saturated heterocycles. The highest BCUT2D eigenvalue weighted by Crippen LogP contribution is 0.787. The van der Waals surface area contributed by atoms with Crippen LogP contribution in [-0.4, -0.2) is 6.15 Å². The SMILES string of the molecule is C.O=C=O.O=O. The van der Waals surface area contributed by atoms with Gasteiger partial charge in [0.05, 0.1) is 0 Å². The number of hydrogen-bond donors (Lipinski definition) is 0. The van der Waals surface area contributed by atoms with Crippen LogP contribution in [0.25, 0.3) is 0 Å². The molecule has 0 unspecified atom stereocenters. The van der Waals surface area contributed by atoms with Crippen molar-refractivity contribution in [3.05, 3.63) is 9.93 Å². The van der Waals surface area contributed by atoms with Gasteiger partial charge in [0.25, 0.3) is 0 Å². The lowest BCUT2D eigenvalue weighted by Crippen LogP contribution is -1.22. The topological polar surface area (TPSA) is 68.3 Å². The van der Waals surface area contributed by atoms with Gasteiger partial charge in [-0.3, -0.25) is 0 Å². The Morgan fingerprint density at radius 1 is 1.00 bits per heavy atom. The second kappa shape index (κ2) is 88400. The van der Waals surface area contributed by atoms with Crippen molar-refractivity contribution in [2.24, 2.45) is 0 Å². The van der Waals surface area contributed by atoms with Gasteiger partial charge in [0.2, 0.25) is 0 Å². The standard InChI is InChI=1S/CO2.CH4.O2/c2-1-3;;1-2/h;1H4;. The lowest BCUT2D eigenvalue weighted by atomic mass is 11.8. The van der Waals surface area contributed by atoms with Crippen LogP contribution in [0.15, 0.2) is 0 Å². The van der Waals surface area contributed by atoms with Crippen molar-refractivity contribution in [1.82, 2.24) is 0 Å². The summed E-state index contributed by atoms with van der Waals surface area (Å²) in [6, 6.07) is 0. The highest BCUT2D eigenvalue weighted by molar-refractivity contribution is 5.20. The van der Waals surface area contributed by atoms with Crippen molar-refractivity contribution in [2.45, 2.75) is 7.43 Å². The summed E-state index contributed by atoms with van der Waals surface area (Å²) in [6.07, 6.45) is 0.250. The molecule has 0 aliphatic rings. The molecule has 0 atom stereocenters. The Morgan fingerprint density at radius 3 is 1.00 bits per heavy atom. The molecule has 0 heterocycles. The Morgan fingerprint density at radius 2 is 1.00 bits per heavy atom. The van der Waals surface area contributed by atoms with E-state index in [2.05, 4.69) is 0 Å². The molecule has 6 heavy (non-hydrogen) atoms. The van der Waals surface area contributed by atoms with E-state index in [0.717, 1.165) is 0 Å². The molecule has 0 rings (SSSR count). The normalized spacial score (nSPS) is 2.00. The molecular weight excluding hydrogens is 88.0 g/mol. The first kappa shape index (κ1) is 20.1. The van der Waals surface area contributed by atoms with E-state index in [-0.39, 0.29) is 13.6 Å². The average molecular weight is 92.0 g/mol. The Hall–Kier alpha value is -1.02. The van der Waals surface area contributed by atoms with Gasteiger partial charge in [-0.15, -0.1) is 0 Å². The minimum absolute atomic E-state index is 0. The molecule has 0 radical (unpaired) electrons. The third-order valence-corrected chi connectivity index (χ3v) is 0. The van der Waals surface area contributed by atoms with Crippen molar-refractivity contribution in [3.63, 3.8) is 0 Å². The summed E-state index contributed by atoms with van der Waals surface area (Å²) in [5, 5.41) is 0. The molecule has 0 N–H and O–H groups in total. The number of rotatable bonds is 0. The molecule has 0 saturated carbocycles. The molecule has 0 aliphatic carbocycles. The van der Waals surface area contributed by atoms with E-state index in [4.69, 9.17) is 19.5 Å². The van der Waals surface area contributed by atoms with Gasteiger partial charge in [0, 0.05) is 9.93 Å². The zero-order valence-corrected chi connectivity index (χ0v) is 2.13. The molecule has 0 bridgehead atoms. The fourth-order valence-corrected chi connectivity index (χ4v) is 0. The minimum Gasteiger partial charge on any atom is -0.186 e. The van der Waals surface area contributed by atoms with Gasteiger partial charge in [0.15, 0.2) is 0 Å². The minimum atomic E-state index is 0. The van der Waals surface area contributed by atoms with E-state index in [1.54, 1.807) is 0 Å². The van der Waals surface area contributed by atoms with E-state index in [1.807, 2.05) is 0 Å². The molecule has 0 amide bonds. The summed E-state index contributed by atoms with van der Waals surface area (Å²) in [5.41, 5.74) is 0. The third kappa shape index (κ3) is 11.2. The molecule has 36 valence electrons. The van der Waals surface area contributed by atoms with Crippen LogP contribution in [0.3, 0.4) is 0 Å². The molecule has 4 nitrogen and oxygen atoms in total. The Bertz CT molecular complexity index is 34.8. The monoisotopic (exact) mass is 92.0 g/mol.